The van der Waals surface area contributed by atoms with E-state index >= 15 is 0 Å². The van der Waals surface area contributed by atoms with Crippen LogP contribution in [0.2, 0.25) is 0 Å². The topological polar surface area (TPSA) is 58.1 Å². The Labute approximate surface area is 110 Å². The molecule has 0 fully saturated rings. The Balaban J connectivity index is 2.08. The van der Waals surface area contributed by atoms with E-state index in [1.807, 2.05) is 14.1 Å². The molecule has 0 atom stereocenters. The molecule has 2 aromatic rings. The summed E-state index contributed by atoms with van der Waals surface area (Å²) < 4.78 is 12.7. The van der Waals surface area contributed by atoms with Crippen LogP contribution in [-0.2, 0) is 0 Å². The van der Waals surface area contributed by atoms with Crippen molar-refractivity contribution in [2.45, 2.75) is 0 Å². The number of rotatable bonds is 3. The fraction of sp³-hybridized carbons (Fsp3) is 0.154. The van der Waals surface area contributed by atoms with Gasteiger partial charge in [0.05, 0.1) is 18.1 Å². The molecule has 6 heteroatoms. The van der Waals surface area contributed by atoms with Crippen LogP contribution in [-0.4, -0.2) is 30.0 Å². The minimum atomic E-state index is -0.379. The average Bonchev–Trinajstić information content (AvgIpc) is 2.40. The van der Waals surface area contributed by atoms with Crippen molar-refractivity contribution in [2.24, 2.45) is 0 Å². The van der Waals surface area contributed by atoms with Crippen molar-refractivity contribution >= 4 is 17.5 Å². The number of hydrogen-bond donors (Lipinski definition) is 1. The maximum atomic E-state index is 12.7. The van der Waals surface area contributed by atoms with E-state index in [4.69, 9.17) is 0 Å². The summed E-state index contributed by atoms with van der Waals surface area (Å²) in [5, 5.41) is 2.64. The first-order chi connectivity index (χ1) is 9.06. The van der Waals surface area contributed by atoms with Crippen LogP contribution >= 0.6 is 0 Å². The molecule has 2 rings (SSSR count). The van der Waals surface area contributed by atoms with E-state index in [1.165, 1.54) is 36.7 Å². The number of anilines is 2. The number of nitrogens with one attached hydrogen (secondary N) is 1. The lowest BCUT2D eigenvalue weighted by Crippen LogP contribution is -2.15. The zero-order valence-electron chi connectivity index (χ0n) is 10.6. The van der Waals surface area contributed by atoms with Crippen molar-refractivity contribution in [1.82, 2.24) is 9.97 Å². The molecule has 0 spiro atoms. The third-order valence-corrected chi connectivity index (χ3v) is 2.40. The Morgan fingerprint density at radius 2 is 1.74 bits per heavy atom. The zero-order valence-corrected chi connectivity index (χ0v) is 10.6. The number of carbonyl (C=O) groups excluding carboxylic acids is 1. The molecular weight excluding hydrogens is 247 g/mol. The zero-order chi connectivity index (χ0) is 13.8. The van der Waals surface area contributed by atoms with Crippen molar-refractivity contribution < 1.29 is 9.18 Å². The van der Waals surface area contributed by atoms with E-state index in [-0.39, 0.29) is 11.7 Å². The minimum absolute atomic E-state index is 0.332. The molecule has 0 bridgehead atoms. The smallest absolute Gasteiger partial charge is 0.255 e. The first kappa shape index (κ1) is 12.9. The Hall–Kier alpha value is -2.50. The monoisotopic (exact) mass is 260 g/mol. The SMILES string of the molecule is CN(C)c1ncc(NC(=O)c2ccc(F)cc2)cn1. The summed E-state index contributed by atoms with van der Waals surface area (Å²) in [6.45, 7) is 0. The molecule has 0 unspecified atom stereocenters. The molecule has 1 heterocycles. The molecule has 0 aliphatic carbocycles. The molecular formula is C13H13FN4O. The summed E-state index contributed by atoms with van der Waals surface area (Å²) in [6.07, 6.45) is 3.04. The highest BCUT2D eigenvalue weighted by Crippen LogP contribution is 2.10. The molecule has 0 saturated carbocycles. The van der Waals surface area contributed by atoms with Gasteiger partial charge in [-0.1, -0.05) is 0 Å². The van der Waals surface area contributed by atoms with Crippen molar-refractivity contribution in [3.8, 4) is 0 Å². The fourth-order valence-electron chi connectivity index (χ4n) is 1.42. The van der Waals surface area contributed by atoms with Crippen molar-refractivity contribution in [3.63, 3.8) is 0 Å². The number of carbonyl (C=O) groups is 1. The first-order valence-electron chi connectivity index (χ1n) is 5.62. The number of aromatic nitrogens is 2. The summed E-state index contributed by atoms with van der Waals surface area (Å²) in [4.78, 5) is 21.8. The van der Waals surface area contributed by atoms with E-state index in [0.29, 0.717) is 17.2 Å². The summed E-state index contributed by atoms with van der Waals surface area (Å²) in [5.74, 6) is -0.156. The number of nitrogens with zero attached hydrogens (tertiary/aromatic N) is 3. The van der Waals surface area contributed by atoms with Gasteiger partial charge in [0.15, 0.2) is 0 Å². The second-order valence-electron chi connectivity index (χ2n) is 4.13. The highest BCUT2D eigenvalue weighted by atomic mass is 19.1. The van der Waals surface area contributed by atoms with Crippen LogP contribution in [0.15, 0.2) is 36.7 Å². The second-order valence-corrected chi connectivity index (χ2v) is 4.13. The van der Waals surface area contributed by atoms with Crippen LogP contribution in [0.25, 0.3) is 0 Å². The normalized spacial score (nSPS) is 10.1. The van der Waals surface area contributed by atoms with Gasteiger partial charge in [-0.2, -0.15) is 0 Å². The number of halogens is 1. The Kier molecular flexibility index (Phi) is 3.70. The van der Waals surface area contributed by atoms with E-state index in [2.05, 4.69) is 15.3 Å². The number of benzene rings is 1. The molecule has 0 aliphatic rings. The van der Waals surface area contributed by atoms with Gasteiger partial charge in [-0.25, -0.2) is 14.4 Å². The largest absolute Gasteiger partial charge is 0.347 e. The molecule has 98 valence electrons. The van der Waals surface area contributed by atoms with Gasteiger partial charge in [-0.15, -0.1) is 0 Å². The summed E-state index contributed by atoms with van der Waals surface area (Å²) in [5.41, 5.74) is 0.859. The highest BCUT2D eigenvalue weighted by Gasteiger charge is 2.07. The van der Waals surface area contributed by atoms with Gasteiger partial charge in [0, 0.05) is 19.7 Å². The third kappa shape index (κ3) is 3.25. The van der Waals surface area contributed by atoms with E-state index in [9.17, 15) is 9.18 Å². The Bertz CT molecular complexity index is 566. The summed E-state index contributed by atoms with van der Waals surface area (Å²) in [7, 11) is 3.65. The molecule has 1 N–H and O–H groups in total. The fourth-order valence-corrected chi connectivity index (χ4v) is 1.42. The average molecular weight is 260 g/mol. The van der Waals surface area contributed by atoms with Gasteiger partial charge < -0.3 is 10.2 Å². The molecule has 1 amide bonds. The Morgan fingerprint density at radius 1 is 1.16 bits per heavy atom. The maximum Gasteiger partial charge on any atom is 0.255 e. The lowest BCUT2D eigenvalue weighted by Gasteiger charge is -2.10. The molecule has 0 radical (unpaired) electrons. The summed E-state index contributed by atoms with van der Waals surface area (Å²) in [6, 6.07) is 5.31. The van der Waals surface area contributed by atoms with Crippen LogP contribution in [0.3, 0.4) is 0 Å². The molecule has 5 nitrogen and oxygen atoms in total. The van der Waals surface area contributed by atoms with E-state index in [0.717, 1.165) is 0 Å². The lowest BCUT2D eigenvalue weighted by atomic mass is 10.2. The lowest BCUT2D eigenvalue weighted by molar-refractivity contribution is 0.102. The maximum absolute atomic E-state index is 12.7. The van der Waals surface area contributed by atoms with E-state index in [1.54, 1.807) is 4.90 Å². The van der Waals surface area contributed by atoms with Gasteiger partial charge in [0.25, 0.3) is 5.91 Å². The van der Waals surface area contributed by atoms with Crippen LogP contribution in [0.4, 0.5) is 16.0 Å². The minimum Gasteiger partial charge on any atom is -0.347 e. The van der Waals surface area contributed by atoms with Gasteiger partial charge in [-0.05, 0) is 24.3 Å². The van der Waals surface area contributed by atoms with Gasteiger partial charge in [0.1, 0.15) is 5.82 Å². The van der Waals surface area contributed by atoms with Crippen LogP contribution in [0.5, 0.6) is 0 Å². The predicted octanol–water partition coefficient (Wildman–Crippen LogP) is 1.93. The predicted molar refractivity (Wildman–Crippen MR) is 70.7 cm³/mol. The van der Waals surface area contributed by atoms with Gasteiger partial charge in [-0.3, -0.25) is 4.79 Å². The van der Waals surface area contributed by atoms with Crippen molar-refractivity contribution in [3.05, 3.63) is 48.0 Å². The molecule has 0 saturated heterocycles. The van der Waals surface area contributed by atoms with E-state index < -0.39 is 0 Å². The Morgan fingerprint density at radius 3 is 2.26 bits per heavy atom. The molecule has 1 aromatic heterocycles. The van der Waals surface area contributed by atoms with Crippen LogP contribution in [0, 0.1) is 5.82 Å². The molecule has 19 heavy (non-hydrogen) atoms. The standard InChI is InChI=1S/C13H13FN4O/c1-18(2)13-15-7-11(8-16-13)17-12(19)9-3-5-10(14)6-4-9/h3-8H,1-2H3,(H,17,19). The summed E-state index contributed by atoms with van der Waals surface area (Å²) >= 11 is 0. The van der Waals surface area contributed by atoms with Crippen molar-refractivity contribution in [2.75, 3.05) is 24.3 Å². The number of amides is 1. The second kappa shape index (κ2) is 5.43. The van der Waals surface area contributed by atoms with Crippen molar-refractivity contribution in [1.29, 1.82) is 0 Å². The quantitative estimate of drug-likeness (QED) is 0.916. The highest BCUT2D eigenvalue weighted by molar-refractivity contribution is 6.04. The van der Waals surface area contributed by atoms with Gasteiger partial charge in [0.2, 0.25) is 5.95 Å². The van der Waals surface area contributed by atoms with Crippen LogP contribution in [0.1, 0.15) is 10.4 Å². The molecule has 1 aromatic carbocycles. The first-order valence-corrected chi connectivity index (χ1v) is 5.62. The molecule has 0 aliphatic heterocycles. The third-order valence-electron chi connectivity index (χ3n) is 2.40. The number of hydrogen-bond acceptors (Lipinski definition) is 4. The van der Waals surface area contributed by atoms with Crippen LogP contribution < -0.4 is 10.2 Å². The van der Waals surface area contributed by atoms with Gasteiger partial charge >= 0.3 is 0 Å².